The number of benzene rings is 1. The summed E-state index contributed by atoms with van der Waals surface area (Å²) in [4.78, 5) is 13.7. The van der Waals surface area contributed by atoms with Gasteiger partial charge in [0.2, 0.25) is 5.91 Å². The van der Waals surface area contributed by atoms with Crippen molar-refractivity contribution >= 4 is 11.6 Å². The van der Waals surface area contributed by atoms with Crippen LogP contribution in [0.25, 0.3) is 0 Å². The average molecular weight is 330 g/mol. The highest BCUT2D eigenvalue weighted by atomic mass is 19.4. The maximum Gasteiger partial charge on any atom is 0.418 e. The zero-order valence-corrected chi connectivity index (χ0v) is 13.3. The Balaban J connectivity index is 2.09. The van der Waals surface area contributed by atoms with Crippen LogP contribution in [0.15, 0.2) is 24.3 Å². The topological polar surface area (TPSA) is 52.6 Å². The van der Waals surface area contributed by atoms with Crippen LogP contribution in [0.2, 0.25) is 0 Å². The zero-order valence-electron chi connectivity index (χ0n) is 13.3. The molecule has 0 spiro atoms. The summed E-state index contributed by atoms with van der Waals surface area (Å²) in [6.07, 6.45) is -5.43. The van der Waals surface area contributed by atoms with Gasteiger partial charge >= 0.3 is 6.18 Å². The molecule has 4 nitrogen and oxygen atoms in total. The molecule has 0 aromatic heterocycles. The molecule has 7 heteroatoms. The maximum atomic E-state index is 12.8. The summed E-state index contributed by atoms with van der Waals surface area (Å²) >= 11 is 0. The lowest BCUT2D eigenvalue weighted by Gasteiger charge is -2.25. The third-order valence-electron chi connectivity index (χ3n) is 4.29. The monoisotopic (exact) mass is 330 g/mol. The second-order valence-electron chi connectivity index (χ2n) is 6.31. The number of aliphatic hydroxyl groups is 1. The first-order valence-corrected chi connectivity index (χ1v) is 7.45. The molecule has 128 valence electrons. The van der Waals surface area contributed by atoms with Gasteiger partial charge in [0, 0.05) is 25.7 Å². The van der Waals surface area contributed by atoms with Gasteiger partial charge in [-0.15, -0.1) is 0 Å². The van der Waals surface area contributed by atoms with Crippen molar-refractivity contribution in [1.29, 1.82) is 0 Å². The standard InChI is InChI=1S/C16H21F3N2O2/c1-10(2)11-4-6-12(7-5-11)21(3)14(22)13-8-15(23,9-20-13)16(17,18)19/h4-7,10,13,20,23H,8-9H2,1-3H3/t13-,15-/m0/s1. The Morgan fingerprint density at radius 1 is 1.35 bits per heavy atom. The van der Waals surface area contributed by atoms with Gasteiger partial charge in [0.1, 0.15) is 0 Å². The third kappa shape index (κ3) is 3.50. The highest BCUT2D eigenvalue weighted by Gasteiger charge is 2.58. The fourth-order valence-corrected chi connectivity index (χ4v) is 2.61. The van der Waals surface area contributed by atoms with E-state index in [9.17, 15) is 23.1 Å². The van der Waals surface area contributed by atoms with E-state index in [1.165, 1.54) is 11.9 Å². The van der Waals surface area contributed by atoms with E-state index in [-0.39, 0.29) is 0 Å². The number of rotatable bonds is 3. The van der Waals surface area contributed by atoms with Crippen LogP contribution in [0, 0.1) is 0 Å². The molecule has 1 aromatic carbocycles. The number of amides is 1. The predicted molar refractivity (Wildman–Crippen MR) is 81.4 cm³/mol. The van der Waals surface area contributed by atoms with Gasteiger partial charge in [-0.3, -0.25) is 4.79 Å². The first kappa shape index (κ1) is 17.7. The van der Waals surface area contributed by atoms with Crippen LogP contribution in [0.4, 0.5) is 18.9 Å². The first-order chi connectivity index (χ1) is 10.5. The minimum Gasteiger partial charge on any atom is -0.379 e. The van der Waals surface area contributed by atoms with E-state index in [0.717, 1.165) is 5.56 Å². The highest BCUT2D eigenvalue weighted by molar-refractivity contribution is 5.97. The van der Waals surface area contributed by atoms with E-state index >= 15 is 0 Å². The molecule has 0 bridgehead atoms. The van der Waals surface area contributed by atoms with Gasteiger partial charge in [0.15, 0.2) is 5.60 Å². The van der Waals surface area contributed by atoms with Crippen LogP contribution in [-0.2, 0) is 4.79 Å². The Bertz CT molecular complexity index is 572. The number of halogens is 3. The number of hydrogen-bond donors (Lipinski definition) is 2. The number of nitrogens with one attached hydrogen (secondary N) is 1. The van der Waals surface area contributed by atoms with Crippen LogP contribution >= 0.6 is 0 Å². The quantitative estimate of drug-likeness (QED) is 0.895. The van der Waals surface area contributed by atoms with E-state index in [0.29, 0.717) is 11.6 Å². The van der Waals surface area contributed by atoms with Crippen molar-refractivity contribution in [3.05, 3.63) is 29.8 Å². The Morgan fingerprint density at radius 3 is 2.35 bits per heavy atom. The summed E-state index contributed by atoms with van der Waals surface area (Å²) < 4.78 is 38.4. The Morgan fingerprint density at radius 2 is 1.91 bits per heavy atom. The fraction of sp³-hybridized carbons (Fsp3) is 0.562. The molecule has 1 saturated heterocycles. The van der Waals surface area contributed by atoms with Gasteiger partial charge in [0.05, 0.1) is 6.04 Å². The maximum absolute atomic E-state index is 12.8. The highest BCUT2D eigenvalue weighted by Crippen LogP contribution is 2.37. The van der Waals surface area contributed by atoms with Gasteiger partial charge in [0.25, 0.3) is 0 Å². The lowest BCUT2D eigenvalue weighted by Crippen LogP contribution is -2.47. The van der Waals surface area contributed by atoms with E-state index in [4.69, 9.17) is 0 Å². The number of carbonyl (C=O) groups excluding carboxylic acids is 1. The van der Waals surface area contributed by atoms with Crippen LogP contribution in [0.3, 0.4) is 0 Å². The second-order valence-corrected chi connectivity index (χ2v) is 6.31. The molecule has 0 radical (unpaired) electrons. The van der Waals surface area contributed by atoms with Crippen molar-refractivity contribution in [2.75, 3.05) is 18.5 Å². The zero-order chi connectivity index (χ0) is 17.4. The Labute approximate surface area is 133 Å². The van der Waals surface area contributed by atoms with E-state index in [2.05, 4.69) is 5.32 Å². The largest absolute Gasteiger partial charge is 0.418 e. The van der Waals surface area contributed by atoms with Crippen molar-refractivity contribution in [1.82, 2.24) is 5.32 Å². The number of carbonyl (C=O) groups is 1. The number of alkyl halides is 3. The van der Waals surface area contributed by atoms with Crippen molar-refractivity contribution in [2.24, 2.45) is 0 Å². The second kappa shape index (κ2) is 6.13. The molecule has 0 unspecified atom stereocenters. The third-order valence-corrected chi connectivity index (χ3v) is 4.29. The lowest BCUT2D eigenvalue weighted by molar-refractivity contribution is -0.252. The number of likely N-dealkylation sites (N-methyl/N-ethyl adjacent to an activating group) is 1. The van der Waals surface area contributed by atoms with Gasteiger partial charge in [-0.1, -0.05) is 26.0 Å². The van der Waals surface area contributed by atoms with E-state index in [1.54, 1.807) is 12.1 Å². The minimum absolute atomic E-state index is 0.350. The Kier molecular flexibility index (Phi) is 4.73. The van der Waals surface area contributed by atoms with Crippen molar-refractivity contribution in [3.63, 3.8) is 0 Å². The fourth-order valence-electron chi connectivity index (χ4n) is 2.61. The molecule has 1 amide bonds. The number of anilines is 1. The van der Waals surface area contributed by atoms with Crippen molar-refractivity contribution in [2.45, 2.75) is 44.0 Å². The normalized spacial score (nSPS) is 25.0. The molecule has 2 rings (SSSR count). The van der Waals surface area contributed by atoms with Gasteiger partial charge < -0.3 is 15.3 Å². The Hall–Kier alpha value is -1.60. The van der Waals surface area contributed by atoms with E-state index < -0.39 is 36.7 Å². The average Bonchev–Trinajstić information content (AvgIpc) is 2.89. The SMILES string of the molecule is CC(C)c1ccc(N(C)C(=O)[C@@H]2C[C@@](O)(C(F)(F)F)CN2)cc1. The predicted octanol–water partition coefficient (Wildman–Crippen LogP) is 2.43. The molecule has 2 atom stereocenters. The van der Waals surface area contributed by atoms with Crippen LogP contribution in [0.5, 0.6) is 0 Å². The van der Waals surface area contributed by atoms with Crippen LogP contribution < -0.4 is 10.2 Å². The molecule has 1 aliphatic heterocycles. The molecular weight excluding hydrogens is 309 g/mol. The molecule has 0 aliphatic carbocycles. The molecule has 1 fully saturated rings. The molecule has 1 aliphatic rings. The van der Waals surface area contributed by atoms with Crippen LogP contribution in [-0.4, -0.2) is 42.4 Å². The summed E-state index contributed by atoms with van der Waals surface area (Å²) in [5.74, 6) is -0.147. The number of hydrogen-bond acceptors (Lipinski definition) is 3. The smallest absolute Gasteiger partial charge is 0.379 e. The molecule has 2 N–H and O–H groups in total. The van der Waals surface area contributed by atoms with Crippen LogP contribution in [0.1, 0.15) is 31.7 Å². The summed E-state index contributed by atoms with van der Waals surface area (Å²) in [5, 5.41) is 12.1. The van der Waals surface area contributed by atoms with Crippen molar-refractivity contribution in [3.8, 4) is 0 Å². The lowest BCUT2D eigenvalue weighted by atomic mass is 9.99. The molecule has 1 heterocycles. The van der Waals surface area contributed by atoms with Gasteiger partial charge in [-0.05, 0) is 23.6 Å². The summed E-state index contributed by atoms with van der Waals surface area (Å²) in [5.41, 5.74) is -1.14. The summed E-state index contributed by atoms with van der Waals surface area (Å²) in [7, 11) is 1.51. The van der Waals surface area contributed by atoms with E-state index in [1.807, 2.05) is 26.0 Å². The molecule has 1 aromatic rings. The number of nitrogens with zero attached hydrogens (tertiary/aromatic N) is 1. The van der Waals surface area contributed by atoms with Gasteiger partial charge in [-0.2, -0.15) is 13.2 Å². The van der Waals surface area contributed by atoms with Gasteiger partial charge in [-0.25, -0.2) is 0 Å². The molecular formula is C16H21F3N2O2. The number of β-amino-alcohol motifs (C(OH)–C–C–N with tert-alkyl or cyclic N) is 1. The molecule has 0 saturated carbocycles. The molecule has 23 heavy (non-hydrogen) atoms. The van der Waals surface area contributed by atoms with Crippen molar-refractivity contribution < 1.29 is 23.1 Å². The summed E-state index contributed by atoms with van der Waals surface area (Å²) in [6, 6.07) is 6.24. The minimum atomic E-state index is -4.76. The first-order valence-electron chi connectivity index (χ1n) is 7.45. The summed E-state index contributed by atoms with van der Waals surface area (Å²) in [6.45, 7) is 3.42.